The molecule has 2 aromatic carbocycles. The van der Waals surface area contributed by atoms with Gasteiger partial charge in [0.05, 0.1) is 16.6 Å². The average Bonchev–Trinajstić information content (AvgIpc) is 3.03. The fourth-order valence-corrected chi connectivity index (χ4v) is 4.13. The van der Waals surface area contributed by atoms with Crippen LogP contribution in [0, 0.1) is 6.92 Å². The fourth-order valence-electron chi connectivity index (χ4n) is 3.18. The molecule has 1 aromatic heterocycles. The fraction of sp³-hybridized carbons (Fsp3) is 0.364. The van der Waals surface area contributed by atoms with Crippen LogP contribution in [0.3, 0.4) is 0 Å². The maximum absolute atomic E-state index is 12.7. The van der Waals surface area contributed by atoms with E-state index in [9.17, 15) is 23.1 Å². The van der Waals surface area contributed by atoms with Crippen molar-refractivity contribution in [2.75, 3.05) is 5.32 Å². The maximum Gasteiger partial charge on any atom is 0.389 e. The van der Waals surface area contributed by atoms with Crippen LogP contribution in [-0.2, 0) is 5.60 Å². The molecule has 0 bridgehead atoms. The topological polar surface area (TPSA) is 62.2 Å². The number of aryl methyl sites for hydroxylation is 1. The molecule has 2 N–H and O–H groups in total. The summed E-state index contributed by atoms with van der Waals surface area (Å²) >= 11 is 1.38. The van der Waals surface area contributed by atoms with Crippen molar-refractivity contribution in [1.82, 2.24) is 4.98 Å². The minimum absolute atomic E-state index is 0.347. The summed E-state index contributed by atoms with van der Waals surface area (Å²) < 4.78 is 38.8. The Morgan fingerprint density at radius 1 is 1.20 bits per heavy atom. The molecule has 8 heteroatoms. The standard InChI is InChI=1S/C22H23F3N2O2S/c1-12-9-14(13(2)11-22(23,24)25)5-7-16(12)19(28)26-15-6-8-18-17(10-15)27-20(30-18)21(3,4)29/h5-10,13,29H,11H2,1-4H3,(H,26,28). The predicted molar refractivity (Wildman–Crippen MR) is 113 cm³/mol. The van der Waals surface area contributed by atoms with Gasteiger partial charge in [-0.3, -0.25) is 4.79 Å². The number of rotatable bonds is 5. The van der Waals surface area contributed by atoms with Crippen LogP contribution < -0.4 is 5.32 Å². The highest BCUT2D eigenvalue weighted by molar-refractivity contribution is 7.18. The monoisotopic (exact) mass is 436 g/mol. The first-order valence-electron chi connectivity index (χ1n) is 9.45. The van der Waals surface area contributed by atoms with Gasteiger partial charge in [-0.15, -0.1) is 11.3 Å². The zero-order chi connectivity index (χ0) is 22.3. The lowest BCUT2D eigenvalue weighted by Gasteiger charge is -2.16. The first-order chi connectivity index (χ1) is 13.8. The number of thiazole rings is 1. The molecule has 0 aliphatic rings. The number of hydrogen-bond donors (Lipinski definition) is 2. The summed E-state index contributed by atoms with van der Waals surface area (Å²) in [5.41, 5.74) is 1.72. The third kappa shape index (κ3) is 5.17. The van der Waals surface area contributed by atoms with Gasteiger partial charge in [0, 0.05) is 11.3 Å². The number of aromatic nitrogens is 1. The zero-order valence-electron chi connectivity index (χ0n) is 17.1. The van der Waals surface area contributed by atoms with Crippen LogP contribution in [0.1, 0.15) is 59.6 Å². The molecule has 0 fully saturated rings. The molecule has 1 atom stereocenters. The summed E-state index contributed by atoms with van der Waals surface area (Å²) in [6.07, 6.45) is -5.14. The van der Waals surface area contributed by atoms with Crippen molar-refractivity contribution < 1.29 is 23.1 Å². The van der Waals surface area contributed by atoms with E-state index >= 15 is 0 Å². The van der Waals surface area contributed by atoms with Crippen LogP contribution >= 0.6 is 11.3 Å². The summed E-state index contributed by atoms with van der Waals surface area (Å²) in [5.74, 6) is -1.03. The Balaban J connectivity index is 1.78. The van der Waals surface area contributed by atoms with Crippen molar-refractivity contribution in [3.63, 3.8) is 0 Å². The van der Waals surface area contributed by atoms with E-state index in [4.69, 9.17) is 0 Å². The Kier molecular flexibility index (Phi) is 5.93. The van der Waals surface area contributed by atoms with Crippen LogP contribution in [0.4, 0.5) is 18.9 Å². The van der Waals surface area contributed by atoms with Crippen LogP contribution in [0.25, 0.3) is 10.2 Å². The van der Waals surface area contributed by atoms with Crippen molar-refractivity contribution in [3.8, 4) is 0 Å². The smallest absolute Gasteiger partial charge is 0.383 e. The van der Waals surface area contributed by atoms with Gasteiger partial charge in [0.2, 0.25) is 0 Å². The molecule has 3 aromatic rings. The van der Waals surface area contributed by atoms with Gasteiger partial charge >= 0.3 is 6.18 Å². The number of carbonyl (C=O) groups is 1. The number of halogens is 3. The molecule has 0 saturated heterocycles. The number of nitrogens with zero attached hydrogens (tertiary/aromatic N) is 1. The number of anilines is 1. The summed E-state index contributed by atoms with van der Waals surface area (Å²) in [6, 6.07) is 10.1. The summed E-state index contributed by atoms with van der Waals surface area (Å²) in [4.78, 5) is 17.1. The maximum atomic E-state index is 12.7. The van der Waals surface area contributed by atoms with Gasteiger partial charge in [0.25, 0.3) is 5.91 Å². The van der Waals surface area contributed by atoms with E-state index in [1.807, 2.05) is 6.07 Å². The predicted octanol–water partition coefficient (Wildman–Crippen LogP) is 6.14. The van der Waals surface area contributed by atoms with E-state index in [0.717, 1.165) is 4.70 Å². The third-order valence-corrected chi connectivity index (χ3v) is 6.12. The second-order valence-corrected chi connectivity index (χ2v) is 9.04. The first kappa shape index (κ1) is 22.2. The Hall–Kier alpha value is -2.45. The lowest BCUT2D eigenvalue weighted by molar-refractivity contribution is -0.137. The normalized spacial score (nSPS) is 13.5. The van der Waals surface area contributed by atoms with E-state index in [1.54, 1.807) is 51.1 Å². The van der Waals surface area contributed by atoms with E-state index in [2.05, 4.69) is 10.3 Å². The van der Waals surface area contributed by atoms with Crippen molar-refractivity contribution in [2.45, 2.75) is 51.8 Å². The second kappa shape index (κ2) is 8.00. The van der Waals surface area contributed by atoms with E-state index < -0.39 is 24.1 Å². The molecule has 1 amide bonds. The zero-order valence-corrected chi connectivity index (χ0v) is 17.9. The molecule has 30 heavy (non-hydrogen) atoms. The Morgan fingerprint density at radius 2 is 1.90 bits per heavy atom. The Labute approximate surface area is 176 Å². The van der Waals surface area contributed by atoms with Gasteiger partial charge in [-0.05, 0) is 62.1 Å². The second-order valence-electron chi connectivity index (χ2n) is 8.01. The lowest BCUT2D eigenvalue weighted by atomic mass is 9.94. The highest BCUT2D eigenvalue weighted by atomic mass is 32.1. The number of aliphatic hydroxyl groups is 1. The Bertz CT molecular complexity index is 1080. The number of alkyl halides is 3. The SMILES string of the molecule is Cc1cc(C(C)CC(F)(F)F)ccc1C(=O)Nc1ccc2sc(C(C)(C)O)nc2c1. The highest BCUT2D eigenvalue weighted by Crippen LogP contribution is 2.33. The van der Waals surface area contributed by atoms with Crippen molar-refractivity contribution >= 4 is 33.1 Å². The molecule has 1 unspecified atom stereocenters. The number of nitrogens with one attached hydrogen (secondary N) is 1. The molecule has 0 saturated carbocycles. The largest absolute Gasteiger partial charge is 0.389 e. The van der Waals surface area contributed by atoms with Crippen molar-refractivity contribution in [2.24, 2.45) is 0 Å². The van der Waals surface area contributed by atoms with Gasteiger partial charge < -0.3 is 10.4 Å². The number of hydrogen-bond acceptors (Lipinski definition) is 4. The average molecular weight is 436 g/mol. The van der Waals surface area contributed by atoms with Gasteiger partial charge in [-0.25, -0.2) is 4.98 Å². The summed E-state index contributed by atoms with van der Waals surface area (Å²) in [6.45, 7) is 6.55. The van der Waals surface area contributed by atoms with Gasteiger partial charge in [0.1, 0.15) is 10.6 Å². The highest BCUT2D eigenvalue weighted by Gasteiger charge is 2.30. The van der Waals surface area contributed by atoms with E-state index in [-0.39, 0.29) is 5.91 Å². The molecule has 0 aliphatic heterocycles. The van der Waals surface area contributed by atoms with Crippen LogP contribution in [0.5, 0.6) is 0 Å². The third-order valence-electron chi connectivity index (χ3n) is 4.77. The number of amides is 1. The first-order valence-corrected chi connectivity index (χ1v) is 10.3. The minimum Gasteiger partial charge on any atom is -0.383 e. The van der Waals surface area contributed by atoms with Crippen LogP contribution in [0.15, 0.2) is 36.4 Å². The number of fused-ring (bicyclic) bond motifs is 1. The van der Waals surface area contributed by atoms with Crippen LogP contribution in [0.2, 0.25) is 0 Å². The quantitative estimate of drug-likeness (QED) is 0.505. The molecular formula is C22H23F3N2O2S. The Morgan fingerprint density at radius 3 is 2.50 bits per heavy atom. The van der Waals surface area contributed by atoms with Crippen molar-refractivity contribution in [3.05, 3.63) is 58.1 Å². The molecule has 0 spiro atoms. The van der Waals surface area contributed by atoms with E-state index in [1.165, 1.54) is 18.3 Å². The molecule has 1 heterocycles. The molecule has 0 aliphatic carbocycles. The van der Waals surface area contributed by atoms with Gasteiger partial charge in [-0.1, -0.05) is 19.1 Å². The molecule has 160 valence electrons. The minimum atomic E-state index is -4.23. The molecule has 0 radical (unpaired) electrons. The van der Waals surface area contributed by atoms with Crippen molar-refractivity contribution in [1.29, 1.82) is 0 Å². The molecule has 4 nitrogen and oxygen atoms in total. The van der Waals surface area contributed by atoms with Crippen LogP contribution in [-0.4, -0.2) is 22.2 Å². The summed E-state index contributed by atoms with van der Waals surface area (Å²) in [5, 5.41) is 13.5. The van der Waals surface area contributed by atoms with E-state index in [0.29, 0.717) is 32.9 Å². The van der Waals surface area contributed by atoms with Gasteiger partial charge in [-0.2, -0.15) is 13.2 Å². The molecular weight excluding hydrogens is 413 g/mol. The lowest BCUT2D eigenvalue weighted by Crippen LogP contribution is -2.15. The molecule has 3 rings (SSSR count). The van der Waals surface area contributed by atoms with Gasteiger partial charge in [0.15, 0.2) is 0 Å². The summed E-state index contributed by atoms with van der Waals surface area (Å²) in [7, 11) is 0. The number of benzene rings is 2. The number of carbonyl (C=O) groups excluding carboxylic acids is 1.